The fourth-order valence-corrected chi connectivity index (χ4v) is 2.85. The molecule has 0 atom stereocenters. The molecule has 3 aromatic rings. The third kappa shape index (κ3) is 4.07. The van der Waals surface area contributed by atoms with Crippen molar-refractivity contribution in [2.24, 2.45) is 0 Å². The molecule has 0 aliphatic rings. The van der Waals surface area contributed by atoms with Gasteiger partial charge in [-0.25, -0.2) is 0 Å². The minimum atomic E-state index is -0.473. The van der Waals surface area contributed by atoms with Gasteiger partial charge in [-0.1, -0.05) is 11.2 Å². The average Bonchev–Trinajstić information content (AvgIpc) is 3.25. The lowest BCUT2D eigenvalue weighted by molar-refractivity contribution is -0.384. The molecule has 0 saturated carbocycles. The highest BCUT2D eigenvalue weighted by Gasteiger charge is 2.13. The number of amides is 1. The molecule has 2 heterocycles. The van der Waals surface area contributed by atoms with E-state index in [9.17, 15) is 14.9 Å². The van der Waals surface area contributed by atoms with Crippen LogP contribution in [0.1, 0.15) is 17.9 Å². The normalized spacial score (nSPS) is 10.6. The minimum absolute atomic E-state index is 0.0116. The third-order valence-electron chi connectivity index (χ3n) is 3.47. The summed E-state index contributed by atoms with van der Waals surface area (Å²) in [7, 11) is 0. The van der Waals surface area contributed by atoms with Gasteiger partial charge in [0, 0.05) is 30.7 Å². The first-order chi connectivity index (χ1) is 12.0. The van der Waals surface area contributed by atoms with E-state index in [2.05, 4.69) is 15.5 Å². The topological polar surface area (TPSA) is 111 Å². The van der Waals surface area contributed by atoms with Gasteiger partial charge in [0.2, 0.25) is 17.6 Å². The van der Waals surface area contributed by atoms with Crippen LogP contribution in [0.3, 0.4) is 0 Å². The van der Waals surface area contributed by atoms with Crippen molar-refractivity contribution in [3.8, 4) is 10.7 Å². The standard InChI is InChI=1S/C16H14N4O4S/c1-10-9-11(20(22)23)4-5-12(10)17-14(21)6-7-15-18-16(19-24-15)13-3-2-8-25-13/h2-5,8-9H,6-7H2,1H3,(H,17,21). The van der Waals surface area contributed by atoms with E-state index in [1.54, 1.807) is 6.92 Å². The number of anilines is 1. The molecule has 3 rings (SSSR count). The average molecular weight is 358 g/mol. The summed E-state index contributed by atoms with van der Waals surface area (Å²) in [6, 6.07) is 8.08. The minimum Gasteiger partial charge on any atom is -0.339 e. The van der Waals surface area contributed by atoms with E-state index in [4.69, 9.17) is 4.52 Å². The van der Waals surface area contributed by atoms with Crippen molar-refractivity contribution < 1.29 is 14.2 Å². The predicted molar refractivity (Wildman–Crippen MR) is 92.4 cm³/mol. The second-order valence-electron chi connectivity index (χ2n) is 5.29. The summed E-state index contributed by atoms with van der Waals surface area (Å²) >= 11 is 1.51. The van der Waals surface area contributed by atoms with Crippen LogP contribution in [-0.4, -0.2) is 21.0 Å². The number of carbonyl (C=O) groups excluding carboxylic acids is 1. The molecule has 2 aromatic heterocycles. The second-order valence-corrected chi connectivity index (χ2v) is 6.24. The molecule has 0 saturated heterocycles. The van der Waals surface area contributed by atoms with E-state index in [1.807, 2.05) is 17.5 Å². The summed E-state index contributed by atoms with van der Waals surface area (Å²) in [6.45, 7) is 1.70. The first kappa shape index (κ1) is 16.8. The Bertz CT molecular complexity index is 905. The Labute approximate surface area is 146 Å². The maximum Gasteiger partial charge on any atom is 0.269 e. The van der Waals surface area contributed by atoms with E-state index in [-0.39, 0.29) is 18.0 Å². The largest absolute Gasteiger partial charge is 0.339 e. The maximum atomic E-state index is 12.1. The van der Waals surface area contributed by atoms with Crippen LogP contribution in [0.25, 0.3) is 10.7 Å². The van der Waals surface area contributed by atoms with Gasteiger partial charge in [0.05, 0.1) is 9.80 Å². The zero-order valence-corrected chi connectivity index (χ0v) is 14.1. The Morgan fingerprint density at radius 2 is 2.24 bits per heavy atom. The smallest absolute Gasteiger partial charge is 0.269 e. The molecule has 1 aromatic carbocycles. The number of hydrogen-bond donors (Lipinski definition) is 1. The summed E-state index contributed by atoms with van der Waals surface area (Å²) in [5, 5.41) is 19.3. The van der Waals surface area contributed by atoms with Crippen molar-refractivity contribution in [3.05, 3.63) is 57.3 Å². The van der Waals surface area contributed by atoms with Crippen LogP contribution in [0.2, 0.25) is 0 Å². The van der Waals surface area contributed by atoms with Crippen LogP contribution in [0.15, 0.2) is 40.2 Å². The Morgan fingerprint density at radius 1 is 1.40 bits per heavy atom. The molecule has 25 heavy (non-hydrogen) atoms. The zero-order chi connectivity index (χ0) is 17.8. The van der Waals surface area contributed by atoms with Gasteiger partial charge in [0.25, 0.3) is 5.69 Å². The van der Waals surface area contributed by atoms with Gasteiger partial charge in [-0.2, -0.15) is 4.98 Å². The van der Waals surface area contributed by atoms with E-state index in [1.165, 1.54) is 29.5 Å². The molecule has 0 fully saturated rings. The molecular weight excluding hydrogens is 344 g/mol. The molecule has 0 bridgehead atoms. The van der Waals surface area contributed by atoms with Crippen LogP contribution < -0.4 is 5.32 Å². The third-order valence-corrected chi connectivity index (χ3v) is 4.34. The summed E-state index contributed by atoms with van der Waals surface area (Å²) in [5.41, 5.74) is 1.16. The highest BCUT2D eigenvalue weighted by molar-refractivity contribution is 7.13. The first-order valence-corrected chi connectivity index (χ1v) is 8.32. The number of non-ortho nitro benzene ring substituents is 1. The molecule has 0 radical (unpaired) electrons. The molecule has 0 unspecified atom stereocenters. The number of rotatable bonds is 6. The number of nitro benzene ring substituents is 1. The lowest BCUT2D eigenvalue weighted by Gasteiger charge is -2.07. The van der Waals surface area contributed by atoms with Crippen LogP contribution in [-0.2, 0) is 11.2 Å². The monoisotopic (exact) mass is 358 g/mol. The van der Waals surface area contributed by atoms with E-state index < -0.39 is 4.92 Å². The van der Waals surface area contributed by atoms with Gasteiger partial charge in [-0.3, -0.25) is 14.9 Å². The Kier molecular flexibility index (Phi) is 4.85. The number of nitrogens with zero attached hydrogens (tertiary/aromatic N) is 3. The Balaban J connectivity index is 1.57. The van der Waals surface area contributed by atoms with Crippen molar-refractivity contribution in [2.45, 2.75) is 19.8 Å². The molecular formula is C16H14N4O4S. The Hall–Kier alpha value is -3.07. The molecule has 0 spiro atoms. The van der Waals surface area contributed by atoms with Crippen molar-refractivity contribution in [3.63, 3.8) is 0 Å². The van der Waals surface area contributed by atoms with Gasteiger partial charge in [-0.05, 0) is 30.0 Å². The molecule has 128 valence electrons. The summed E-state index contributed by atoms with van der Waals surface area (Å²) in [5.74, 6) is 0.670. The fourth-order valence-electron chi connectivity index (χ4n) is 2.20. The number of nitro groups is 1. The number of aromatic nitrogens is 2. The number of hydrogen-bond acceptors (Lipinski definition) is 7. The zero-order valence-electron chi connectivity index (χ0n) is 13.3. The summed E-state index contributed by atoms with van der Waals surface area (Å²) in [6.07, 6.45) is 0.485. The van der Waals surface area contributed by atoms with Crippen LogP contribution in [0.4, 0.5) is 11.4 Å². The van der Waals surface area contributed by atoms with Gasteiger partial charge in [0.15, 0.2) is 0 Å². The summed E-state index contributed by atoms with van der Waals surface area (Å²) < 4.78 is 5.15. The second kappa shape index (κ2) is 7.22. The van der Waals surface area contributed by atoms with E-state index >= 15 is 0 Å². The molecule has 0 aliphatic carbocycles. The van der Waals surface area contributed by atoms with Crippen molar-refractivity contribution in [2.75, 3.05) is 5.32 Å². The number of thiophene rings is 1. The highest BCUT2D eigenvalue weighted by atomic mass is 32.1. The van der Waals surface area contributed by atoms with Gasteiger partial charge >= 0.3 is 0 Å². The lowest BCUT2D eigenvalue weighted by Crippen LogP contribution is -2.13. The van der Waals surface area contributed by atoms with Crippen molar-refractivity contribution >= 4 is 28.6 Å². The molecule has 8 nitrogen and oxygen atoms in total. The van der Waals surface area contributed by atoms with Crippen LogP contribution in [0.5, 0.6) is 0 Å². The molecule has 1 amide bonds. The van der Waals surface area contributed by atoms with Crippen LogP contribution in [0, 0.1) is 17.0 Å². The van der Waals surface area contributed by atoms with Gasteiger partial charge in [0.1, 0.15) is 0 Å². The van der Waals surface area contributed by atoms with Crippen molar-refractivity contribution in [1.29, 1.82) is 0 Å². The fraction of sp³-hybridized carbons (Fsp3) is 0.188. The predicted octanol–water partition coefficient (Wildman–Crippen LogP) is 3.59. The Morgan fingerprint density at radius 3 is 2.92 bits per heavy atom. The maximum absolute atomic E-state index is 12.1. The van der Waals surface area contributed by atoms with Crippen molar-refractivity contribution in [1.82, 2.24) is 10.1 Å². The lowest BCUT2D eigenvalue weighted by atomic mass is 10.1. The number of aryl methyl sites for hydroxylation is 2. The van der Waals surface area contributed by atoms with E-state index in [0.717, 1.165) is 4.88 Å². The first-order valence-electron chi connectivity index (χ1n) is 7.44. The van der Waals surface area contributed by atoms with Crippen LogP contribution >= 0.6 is 11.3 Å². The van der Waals surface area contributed by atoms with Gasteiger partial charge in [-0.15, -0.1) is 11.3 Å². The number of benzene rings is 1. The quantitative estimate of drug-likeness (QED) is 0.532. The number of carbonyl (C=O) groups is 1. The van der Waals surface area contributed by atoms with E-state index in [0.29, 0.717) is 29.4 Å². The van der Waals surface area contributed by atoms with Gasteiger partial charge < -0.3 is 9.84 Å². The highest BCUT2D eigenvalue weighted by Crippen LogP contribution is 2.23. The molecule has 1 N–H and O–H groups in total. The SMILES string of the molecule is Cc1cc([N+](=O)[O-])ccc1NC(=O)CCc1nc(-c2cccs2)no1. The molecule has 9 heteroatoms. The molecule has 0 aliphatic heterocycles. The number of nitrogens with one attached hydrogen (secondary N) is 1. The summed E-state index contributed by atoms with van der Waals surface area (Å²) in [4.78, 5) is 27.5.